The first kappa shape index (κ1) is 14.0. The Bertz CT molecular complexity index is 581. The molecule has 0 fully saturated rings. The zero-order chi connectivity index (χ0) is 13.8. The van der Waals surface area contributed by atoms with E-state index in [4.69, 9.17) is 18.0 Å². The molecule has 2 nitrogen and oxygen atoms in total. The van der Waals surface area contributed by atoms with Gasteiger partial charge in [0.1, 0.15) is 4.99 Å². The van der Waals surface area contributed by atoms with Crippen LogP contribution in [0.25, 0.3) is 0 Å². The Labute approximate surface area is 127 Å². The summed E-state index contributed by atoms with van der Waals surface area (Å²) in [5.41, 5.74) is 8.89. The molecule has 2 aromatic carbocycles. The van der Waals surface area contributed by atoms with E-state index < -0.39 is 0 Å². The summed E-state index contributed by atoms with van der Waals surface area (Å²) < 4.78 is 1.10. The highest BCUT2D eigenvalue weighted by molar-refractivity contribution is 9.10. The van der Waals surface area contributed by atoms with Crippen LogP contribution in [-0.2, 0) is 6.54 Å². The van der Waals surface area contributed by atoms with Crippen molar-refractivity contribution in [3.05, 3.63) is 64.1 Å². The van der Waals surface area contributed by atoms with E-state index in [9.17, 15) is 0 Å². The molecule has 0 radical (unpaired) electrons. The number of nitrogens with two attached hydrogens (primary N) is 1. The first-order valence-corrected chi connectivity index (χ1v) is 7.12. The first-order chi connectivity index (χ1) is 9.06. The van der Waals surface area contributed by atoms with Gasteiger partial charge >= 0.3 is 0 Å². The second kappa shape index (κ2) is 6.17. The molecule has 4 heteroatoms. The van der Waals surface area contributed by atoms with E-state index >= 15 is 0 Å². The fourth-order valence-corrected chi connectivity index (χ4v) is 2.46. The van der Waals surface area contributed by atoms with Crippen molar-refractivity contribution in [3.8, 4) is 0 Å². The molecule has 98 valence electrons. The van der Waals surface area contributed by atoms with Crippen molar-refractivity contribution in [2.75, 3.05) is 11.9 Å². The normalized spacial score (nSPS) is 10.2. The third kappa shape index (κ3) is 3.78. The Hall–Kier alpha value is -1.39. The quantitative estimate of drug-likeness (QED) is 0.864. The van der Waals surface area contributed by atoms with E-state index in [1.807, 2.05) is 36.4 Å². The van der Waals surface area contributed by atoms with Crippen LogP contribution in [0.4, 0.5) is 5.69 Å². The van der Waals surface area contributed by atoms with Crippen molar-refractivity contribution < 1.29 is 0 Å². The Balaban J connectivity index is 2.11. The standard InChI is InChI=1S/C15H15BrN2S/c1-18(10-11-3-2-4-13(16)9-11)14-7-5-12(6-8-14)15(17)19/h2-9H,10H2,1H3,(H2,17,19). The van der Waals surface area contributed by atoms with Crippen LogP contribution in [0.5, 0.6) is 0 Å². The van der Waals surface area contributed by atoms with Gasteiger partial charge in [-0.3, -0.25) is 0 Å². The third-order valence-electron chi connectivity index (χ3n) is 2.90. The van der Waals surface area contributed by atoms with E-state index in [0.717, 1.165) is 22.3 Å². The molecule has 2 N–H and O–H groups in total. The number of benzene rings is 2. The highest BCUT2D eigenvalue weighted by Gasteiger charge is 2.03. The number of anilines is 1. The Kier molecular flexibility index (Phi) is 4.56. The van der Waals surface area contributed by atoms with E-state index in [-0.39, 0.29) is 0 Å². The lowest BCUT2D eigenvalue weighted by molar-refractivity contribution is 0.922. The van der Waals surface area contributed by atoms with Crippen LogP contribution in [-0.4, -0.2) is 12.0 Å². The summed E-state index contributed by atoms with van der Waals surface area (Å²) in [6.07, 6.45) is 0. The molecule has 0 aliphatic carbocycles. The molecular formula is C15H15BrN2S. The van der Waals surface area contributed by atoms with Gasteiger partial charge in [-0.2, -0.15) is 0 Å². The van der Waals surface area contributed by atoms with Gasteiger partial charge in [0.2, 0.25) is 0 Å². The number of rotatable bonds is 4. The summed E-state index contributed by atoms with van der Waals surface area (Å²) in [6.45, 7) is 0.853. The van der Waals surface area contributed by atoms with E-state index in [1.54, 1.807) is 0 Å². The Morgan fingerprint density at radius 2 is 1.89 bits per heavy atom. The molecule has 0 aromatic heterocycles. The highest BCUT2D eigenvalue weighted by Crippen LogP contribution is 2.18. The predicted octanol–water partition coefficient (Wildman–Crippen LogP) is 3.72. The summed E-state index contributed by atoms with van der Waals surface area (Å²) in [7, 11) is 2.07. The van der Waals surface area contributed by atoms with Crippen LogP contribution in [0.1, 0.15) is 11.1 Å². The lowest BCUT2D eigenvalue weighted by Gasteiger charge is -2.19. The molecule has 19 heavy (non-hydrogen) atoms. The second-order valence-corrected chi connectivity index (χ2v) is 5.75. The van der Waals surface area contributed by atoms with Crippen LogP contribution < -0.4 is 10.6 Å². The Morgan fingerprint density at radius 1 is 1.21 bits per heavy atom. The van der Waals surface area contributed by atoms with Crippen LogP contribution in [0, 0.1) is 0 Å². The molecule has 2 rings (SSSR count). The molecule has 0 saturated heterocycles. The molecular weight excluding hydrogens is 320 g/mol. The molecule has 2 aromatic rings. The largest absolute Gasteiger partial charge is 0.389 e. The summed E-state index contributed by atoms with van der Waals surface area (Å²) in [5, 5.41) is 0. The van der Waals surface area contributed by atoms with E-state index in [1.165, 1.54) is 5.56 Å². The summed E-state index contributed by atoms with van der Waals surface area (Å²) >= 11 is 8.44. The highest BCUT2D eigenvalue weighted by atomic mass is 79.9. The molecule has 0 atom stereocenters. The van der Waals surface area contributed by atoms with Crippen LogP contribution in [0.3, 0.4) is 0 Å². The van der Waals surface area contributed by atoms with Crippen molar-refractivity contribution in [1.29, 1.82) is 0 Å². The van der Waals surface area contributed by atoms with Gasteiger partial charge in [-0.15, -0.1) is 0 Å². The van der Waals surface area contributed by atoms with E-state index in [0.29, 0.717) is 4.99 Å². The van der Waals surface area contributed by atoms with Gasteiger partial charge in [0, 0.05) is 29.3 Å². The van der Waals surface area contributed by atoms with Crippen molar-refractivity contribution in [2.45, 2.75) is 6.54 Å². The van der Waals surface area contributed by atoms with Gasteiger partial charge in [0.25, 0.3) is 0 Å². The van der Waals surface area contributed by atoms with Crippen LogP contribution in [0.15, 0.2) is 53.0 Å². The second-order valence-electron chi connectivity index (χ2n) is 4.40. The zero-order valence-corrected chi connectivity index (χ0v) is 13.0. The SMILES string of the molecule is CN(Cc1cccc(Br)c1)c1ccc(C(N)=S)cc1. The summed E-state index contributed by atoms with van der Waals surface area (Å²) in [5.74, 6) is 0. The predicted molar refractivity (Wildman–Crippen MR) is 88.6 cm³/mol. The number of hydrogen-bond donors (Lipinski definition) is 1. The fourth-order valence-electron chi connectivity index (χ4n) is 1.88. The average molecular weight is 335 g/mol. The molecule has 0 heterocycles. The van der Waals surface area contributed by atoms with Crippen molar-refractivity contribution in [3.63, 3.8) is 0 Å². The number of thiocarbonyl (C=S) groups is 1. The molecule has 0 unspecified atom stereocenters. The topological polar surface area (TPSA) is 29.3 Å². The minimum absolute atomic E-state index is 0.432. The van der Waals surface area contributed by atoms with Crippen molar-refractivity contribution in [1.82, 2.24) is 0 Å². The maximum absolute atomic E-state index is 5.59. The Morgan fingerprint density at radius 3 is 2.47 bits per heavy atom. The average Bonchev–Trinajstić information content (AvgIpc) is 2.39. The lowest BCUT2D eigenvalue weighted by Crippen LogP contribution is -2.16. The minimum Gasteiger partial charge on any atom is -0.389 e. The molecule has 0 bridgehead atoms. The smallest absolute Gasteiger partial charge is 0.103 e. The molecule has 0 amide bonds. The van der Waals surface area contributed by atoms with Gasteiger partial charge in [0.05, 0.1) is 0 Å². The van der Waals surface area contributed by atoms with Crippen LogP contribution >= 0.6 is 28.1 Å². The zero-order valence-electron chi connectivity index (χ0n) is 10.6. The number of hydrogen-bond acceptors (Lipinski definition) is 2. The molecule has 0 spiro atoms. The first-order valence-electron chi connectivity index (χ1n) is 5.92. The van der Waals surface area contributed by atoms with Gasteiger partial charge in [-0.05, 0) is 42.0 Å². The number of halogens is 1. The van der Waals surface area contributed by atoms with Gasteiger partial charge in [-0.1, -0.05) is 40.3 Å². The van der Waals surface area contributed by atoms with E-state index in [2.05, 4.69) is 40.0 Å². The lowest BCUT2D eigenvalue weighted by atomic mass is 10.1. The molecule has 0 saturated carbocycles. The van der Waals surface area contributed by atoms with Crippen LogP contribution in [0.2, 0.25) is 0 Å². The fraction of sp³-hybridized carbons (Fsp3) is 0.133. The monoisotopic (exact) mass is 334 g/mol. The van der Waals surface area contributed by atoms with Crippen molar-refractivity contribution in [2.24, 2.45) is 5.73 Å². The maximum atomic E-state index is 5.59. The van der Waals surface area contributed by atoms with Gasteiger partial charge in [-0.25, -0.2) is 0 Å². The van der Waals surface area contributed by atoms with Gasteiger partial charge < -0.3 is 10.6 Å². The molecule has 0 aliphatic heterocycles. The minimum atomic E-state index is 0.432. The summed E-state index contributed by atoms with van der Waals surface area (Å²) in [4.78, 5) is 2.62. The third-order valence-corrected chi connectivity index (χ3v) is 3.63. The maximum Gasteiger partial charge on any atom is 0.103 e. The number of nitrogens with zero attached hydrogens (tertiary/aromatic N) is 1. The van der Waals surface area contributed by atoms with Crippen molar-refractivity contribution >= 4 is 38.8 Å². The summed E-state index contributed by atoms with van der Waals surface area (Å²) in [6, 6.07) is 16.3. The van der Waals surface area contributed by atoms with Gasteiger partial charge in [0.15, 0.2) is 0 Å². The molecule has 0 aliphatic rings.